The van der Waals surface area contributed by atoms with E-state index in [1.54, 1.807) is 11.8 Å². The van der Waals surface area contributed by atoms with E-state index in [4.69, 9.17) is 11.6 Å². The average molecular weight is 378 g/mol. The molecule has 2 nitrogen and oxygen atoms in total. The highest BCUT2D eigenvalue weighted by molar-refractivity contribution is 7.99. The number of ketones is 1. The lowest BCUT2D eigenvalue weighted by Crippen LogP contribution is -2.06. The molecule has 4 aromatic rings. The molecule has 2 aromatic heterocycles. The van der Waals surface area contributed by atoms with Crippen LogP contribution in [0.1, 0.15) is 21.6 Å². The van der Waals surface area contributed by atoms with Gasteiger partial charge < -0.3 is 4.40 Å². The molecule has 26 heavy (non-hydrogen) atoms. The van der Waals surface area contributed by atoms with E-state index in [0.717, 1.165) is 20.9 Å². The fraction of sp³-hybridized carbons (Fsp3) is 0.0455. The SMILES string of the molecule is Cc1c(Sc2ccc(Cl)cc2)c2ccccn2c1C(=O)c1ccccc1. The van der Waals surface area contributed by atoms with Crippen LogP contribution in [0.4, 0.5) is 0 Å². The van der Waals surface area contributed by atoms with E-state index in [1.165, 1.54) is 0 Å². The second-order valence-corrected chi connectivity index (χ2v) is 7.53. The zero-order valence-electron chi connectivity index (χ0n) is 14.1. The molecule has 0 bridgehead atoms. The smallest absolute Gasteiger partial charge is 0.210 e. The third kappa shape index (κ3) is 3.05. The van der Waals surface area contributed by atoms with Crippen LogP contribution >= 0.6 is 23.4 Å². The van der Waals surface area contributed by atoms with Crippen LogP contribution in [0.5, 0.6) is 0 Å². The number of hydrogen-bond donors (Lipinski definition) is 0. The Hall–Kier alpha value is -2.49. The van der Waals surface area contributed by atoms with Gasteiger partial charge in [0.15, 0.2) is 0 Å². The van der Waals surface area contributed by atoms with Gasteiger partial charge in [-0.15, -0.1) is 0 Å². The summed E-state index contributed by atoms with van der Waals surface area (Å²) in [4.78, 5) is 15.3. The van der Waals surface area contributed by atoms with Crippen LogP contribution in [0.2, 0.25) is 5.02 Å². The van der Waals surface area contributed by atoms with Crippen molar-refractivity contribution in [3.8, 4) is 0 Å². The Labute approximate surface area is 161 Å². The molecular weight excluding hydrogens is 362 g/mol. The van der Waals surface area contributed by atoms with Gasteiger partial charge in [-0.2, -0.15) is 0 Å². The first-order valence-electron chi connectivity index (χ1n) is 8.28. The van der Waals surface area contributed by atoms with Crippen molar-refractivity contribution in [3.05, 3.63) is 101 Å². The number of benzene rings is 2. The van der Waals surface area contributed by atoms with E-state index < -0.39 is 0 Å². The van der Waals surface area contributed by atoms with Crippen molar-refractivity contribution in [1.29, 1.82) is 0 Å². The van der Waals surface area contributed by atoms with E-state index >= 15 is 0 Å². The van der Waals surface area contributed by atoms with Crippen LogP contribution in [0.25, 0.3) is 5.52 Å². The molecule has 2 heterocycles. The van der Waals surface area contributed by atoms with Crippen molar-refractivity contribution in [2.45, 2.75) is 16.7 Å². The minimum atomic E-state index is 0.0345. The van der Waals surface area contributed by atoms with Crippen molar-refractivity contribution in [3.63, 3.8) is 0 Å². The minimum absolute atomic E-state index is 0.0345. The number of carbonyl (C=O) groups excluding carboxylic acids is 1. The predicted octanol–water partition coefficient (Wildman–Crippen LogP) is 6.28. The Kier molecular flexibility index (Phi) is 4.58. The third-order valence-corrected chi connectivity index (χ3v) is 5.79. The Morgan fingerprint density at radius 3 is 2.35 bits per heavy atom. The molecule has 4 heteroatoms. The lowest BCUT2D eigenvalue weighted by molar-refractivity contribution is 0.103. The zero-order valence-corrected chi connectivity index (χ0v) is 15.7. The van der Waals surface area contributed by atoms with Crippen LogP contribution in [0, 0.1) is 6.92 Å². The second-order valence-electron chi connectivity index (χ2n) is 6.01. The number of carbonyl (C=O) groups is 1. The first-order chi connectivity index (χ1) is 12.6. The van der Waals surface area contributed by atoms with E-state index in [9.17, 15) is 4.79 Å². The van der Waals surface area contributed by atoms with Crippen LogP contribution in [-0.2, 0) is 0 Å². The number of fused-ring (bicyclic) bond motifs is 1. The van der Waals surface area contributed by atoms with Gasteiger partial charge in [0.2, 0.25) is 5.78 Å². The van der Waals surface area contributed by atoms with Gasteiger partial charge >= 0.3 is 0 Å². The lowest BCUT2D eigenvalue weighted by Gasteiger charge is -2.04. The van der Waals surface area contributed by atoms with E-state index in [1.807, 2.05) is 90.3 Å². The van der Waals surface area contributed by atoms with Crippen molar-refractivity contribution in [1.82, 2.24) is 4.40 Å². The normalized spacial score (nSPS) is 11.0. The van der Waals surface area contributed by atoms with Gasteiger partial charge in [-0.25, -0.2) is 0 Å². The quantitative estimate of drug-likeness (QED) is 0.390. The van der Waals surface area contributed by atoms with Gasteiger partial charge in [-0.3, -0.25) is 4.79 Å². The summed E-state index contributed by atoms with van der Waals surface area (Å²) in [6, 6.07) is 23.2. The van der Waals surface area contributed by atoms with Gasteiger partial charge in [0, 0.05) is 26.6 Å². The van der Waals surface area contributed by atoms with Crippen molar-refractivity contribution in [2.75, 3.05) is 0 Å². The molecule has 0 atom stereocenters. The summed E-state index contributed by atoms with van der Waals surface area (Å²) >= 11 is 7.65. The summed E-state index contributed by atoms with van der Waals surface area (Å²) in [5, 5.41) is 0.716. The molecule has 0 saturated heterocycles. The highest BCUT2D eigenvalue weighted by atomic mass is 35.5. The number of pyridine rings is 1. The van der Waals surface area contributed by atoms with Gasteiger partial charge in [0.05, 0.1) is 11.2 Å². The summed E-state index contributed by atoms with van der Waals surface area (Å²) < 4.78 is 1.99. The van der Waals surface area contributed by atoms with Crippen LogP contribution < -0.4 is 0 Å². The summed E-state index contributed by atoms with van der Waals surface area (Å²) in [6.45, 7) is 2.02. The molecule has 4 rings (SSSR count). The molecule has 0 radical (unpaired) electrons. The first kappa shape index (κ1) is 17.0. The molecule has 0 unspecified atom stereocenters. The number of halogens is 1. The molecular formula is C22H16ClNOS. The molecule has 0 amide bonds. The fourth-order valence-corrected chi connectivity index (χ4v) is 4.21. The van der Waals surface area contributed by atoms with E-state index in [2.05, 4.69) is 0 Å². The van der Waals surface area contributed by atoms with Crippen molar-refractivity contribution >= 4 is 34.7 Å². The van der Waals surface area contributed by atoms with E-state index in [-0.39, 0.29) is 5.78 Å². The fourth-order valence-electron chi connectivity index (χ4n) is 3.06. The van der Waals surface area contributed by atoms with Gasteiger partial charge in [0.25, 0.3) is 0 Å². The van der Waals surface area contributed by atoms with Gasteiger partial charge in [0.1, 0.15) is 0 Å². The van der Waals surface area contributed by atoms with Crippen LogP contribution in [-0.4, -0.2) is 10.2 Å². The van der Waals surface area contributed by atoms with Gasteiger partial charge in [-0.1, -0.05) is 59.8 Å². The molecule has 0 N–H and O–H groups in total. The Morgan fingerprint density at radius 2 is 1.62 bits per heavy atom. The number of nitrogens with zero attached hydrogens (tertiary/aromatic N) is 1. The maximum atomic E-state index is 13.1. The molecule has 0 saturated carbocycles. The van der Waals surface area contributed by atoms with Gasteiger partial charge in [-0.05, 0) is 48.9 Å². The summed E-state index contributed by atoms with van der Waals surface area (Å²) in [5.74, 6) is 0.0345. The van der Waals surface area contributed by atoms with E-state index in [0.29, 0.717) is 16.3 Å². The summed E-state index contributed by atoms with van der Waals surface area (Å²) in [5.41, 5.74) is 3.43. The van der Waals surface area contributed by atoms with Crippen LogP contribution in [0.15, 0.2) is 88.8 Å². The van der Waals surface area contributed by atoms with Crippen molar-refractivity contribution < 1.29 is 4.79 Å². The average Bonchev–Trinajstić information content (AvgIpc) is 2.95. The first-order valence-corrected chi connectivity index (χ1v) is 9.47. The van der Waals surface area contributed by atoms with Crippen LogP contribution in [0.3, 0.4) is 0 Å². The zero-order chi connectivity index (χ0) is 18.1. The maximum absolute atomic E-state index is 13.1. The second kappa shape index (κ2) is 7.02. The maximum Gasteiger partial charge on any atom is 0.210 e. The molecule has 0 aliphatic heterocycles. The molecule has 2 aromatic carbocycles. The standard InChI is InChI=1S/C22H16ClNOS/c1-15-20(21(25)16-7-3-2-4-8-16)24-14-6-5-9-19(24)22(15)26-18-12-10-17(23)11-13-18/h2-14H,1H3. The number of aromatic nitrogens is 1. The molecule has 0 spiro atoms. The highest BCUT2D eigenvalue weighted by Gasteiger charge is 2.21. The third-order valence-electron chi connectivity index (χ3n) is 4.31. The largest absolute Gasteiger partial charge is 0.312 e. The summed E-state index contributed by atoms with van der Waals surface area (Å²) in [6.07, 6.45) is 1.95. The number of rotatable bonds is 4. The molecule has 0 aliphatic rings. The Balaban J connectivity index is 1.86. The molecule has 0 aliphatic carbocycles. The topological polar surface area (TPSA) is 21.5 Å². The minimum Gasteiger partial charge on any atom is -0.312 e. The molecule has 128 valence electrons. The monoisotopic (exact) mass is 377 g/mol. The summed E-state index contributed by atoms with van der Waals surface area (Å²) in [7, 11) is 0. The predicted molar refractivity (Wildman–Crippen MR) is 108 cm³/mol. The highest BCUT2D eigenvalue weighted by Crippen LogP contribution is 2.38. The Morgan fingerprint density at radius 1 is 0.923 bits per heavy atom. The van der Waals surface area contributed by atoms with Crippen molar-refractivity contribution in [2.24, 2.45) is 0 Å². The lowest BCUT2D eigenvalue weighted by atomic mass is 10.1. The Bertz CT molecular complexity index is 1080. The number of hydrogen-bond acceptors (Lipinski definition) is 2. The molecule has 0 fully saturated rings.